The van der Waals surface area contributed by atoms with Gasteiger partial charge in [-0.15, -0.1) is 12.4 Å². The molecule has 1 unspecified atom stereocenters. The van der Waals surface area contributed by atoms with Crippen LogP contribution in [-0.2, 0) is 0 Å². The van der Waals surface area contributed by atoms with Crippen LogP contribution in [0.15, 0.2) is 54.6 Å². The zero-order valence-electron chi connectivity index (χ0n) is 12.6. The van der Waals surface area contributed by atoms with Gasteiger partial charge in [0.05, 0.1) is 0 Å². The van der Waals surface area contributed by atoms with Crippen LogP contribution in [0.25, 0.3) is 0 Å². The van der Waals surface area contributed by atoms with Gasteiger partial charge >= 0.3 is 0 Å². The van der Waals surface area contributed by atoms with Crippen LogP contribution in [0.5, 0.6) is 0 Å². The highest BCUT2D eigenvalue weighted by Gasteiger charge is 2.27. The van der Waals surface area contributed by atoms with Gasteiger partial charge in [-0.25, -0.2) is 0 Å². The summed E-state index contributed by atoms with van der Waals surface area (Å²) in [6, 6.07) is 19.9. The summed E-state index contributed by atoms with van der Waals surface area (Å²) < 4.78 is 0. The van der Waals surface area contributed by atoms with E-state index < -0.39 is 0 Å². The predicted molar refractivity (Wildman–Crippen MR) is 92.3 cm³/mol. The number of hydrogen-bond acceptors (Lipinski definition) is 1. The second-order valence-corrected chi connectivity index (χ2v) is 5.83. The molecule has 0 spiro atoms. The fourth-order valence-electron chi connectivity index (χ4n) is 3.48. The third-order valence-corrected chi connectivity index (χ3v) is 4.54. The minimum atomic E-state index is 0. The maximum atomic E-state index is 3.49. The van der Waals surface area contributed by atoms with Gasteiger partial charge in [-0.1, -0.05) is 54.6 Å². The maximum Gasteiger partial charge on any atom is 0.0121 e. The molecule has 1 aliphatic heterocycles. The Labute approximate surface area is 134 Å². The van der Waals surface area contributed by atoms with Gasteiger partial charge in [0, 0.05) is 5.92 Å². The zero-order chi connectivity index (χ0) is 13.8. The van der Waals surface area contributed by atoms with Gasteiger partial charge in [-0.2, -0.15) is 0 Å². The minimum absolute atomic E-state index is 0. The second kappa shape index (κ2) is 7.63. The molecule has 1 nitrogen and oxygen atoms in total. The van der Waals surface area contributed by atoms with Crippen LogP contribution in [0, 0.1) is 12.8 Å². The van der Waals surface area contributed by atoms with E-state index in [9.17, 15) is 0 Å². The molecule has 2 aromatic carbocycles. The van der Waals surface area contributed by atoms with Crippen molar-refractivity contribution < 1.29 is 0 Å². The Balaban J connectivity index is 0.00000161. The van der Waals surface area contributed by atoms with E-state index in [-0.39, 0.29) is 12.4 Å². The van der Waals surface area contributed by atoms with Crippen molar-refractivity contribution in [3.05, 3.63) is 71.3 Å². The summed E-state index contributed by atoms with van der Waals surface area (Å²) in [7, 11) is 0. The van der Waals surface area contributed by atoms with Gasteiger partial charge in [-0.3, -0.25) is 0 Å². The Hall–Kier alpha value is -1.31. The molecule has 0 aromatic heterocycles. The molecule has 21 heavy (non-hydrogen) atoms. The Kier molecular flexibility index (Phi) is 5.84. The molecule has 2 aromatic rings. The Morgan fingerprint density at radius 3 is 2.19 bits per heavy atom. The highest BCUT2D eigenvalue weighted by atomic mass is 35.5. The molecule has 0 amide bonds. The second-order valence-electron chi connectivity index (χ2n) is 5.83. The van der Waals surface area contributed by atoms with Crippen molar-refractivity contribution in [2.24, 2.45) is 5.92 Å². The van der Waals surface area contributed by atoms with Crippen LogP contribution < -0.4 is 5.32 Å². The van der Waals surface area contributed by atoms with Crippen LogP contribution in [0.2, 0.25) is 0 Å². The highest BCUT2D eigenvalue weighted by Crippen LogP contribution is 2.37. The third-order valence-electron chi connectivity index (χ3n) is 4.54. The smallest absolute Gasteiger partial charge is 0.0121 e. The Morgan fingerprint density at radius 1 is 0.905 bits per heavy atom. The molecule has 0 bridgehead atoms. The molecule has 3 rings (SSSR count). The molecule has 1 saturated heterocycles. The molecule has 1 aliphatic rings. The topological polar surface area (TPSA) is 12.0 Å². The number of aryl methyl sites for hydroxylation is 1. The summed E-state index contributed by atoms with van der Waals surface area (Å²) in [5, 5.41) is 3.49. The Morgan fingerprint density at radius 2 is 1.52 bits per heavy atom. The van der Waals surface area contributed by atoms with Gasteiger partial charge in [0.15, 0.2) is 0 Å². The molecule has 0 saturated carbocycles. The molecule has 1 atom stereocenters. The van der Waals surface area contributed by atoms with Crippen LogP contribution in [0.4, 0.5) is 0 Å². The molecular formula is C19H24ClN. The van der Waals surface area contributed by atoms with E-state index in [1.165, 1.54) is 29.5 Å². The normalized spacial score (nSPS) is 17.0. The predicted octanol–water partition coefficient (Wildman–Crippen LogP) is 4.55. The lowest BCUT2D eigenvalue weighted by molar-refractivity contribution is 0.342. The maximum absolute atomic E-state index is 3.49. The number of benzene rings is 2. The van der Waals surface area contributed by atoms with E-state index in [4.69, 9.17) is 0 Å². The van der Waals surface area contributed by atoms with E-state index >= 15 is 0 Å². The summed E-state index contributed by atoms with van der Waals surface area (Å²) in [5.41, 5.74) is 4.39. The molecule has 1 heterocycles. The van der Waals surface area contributed by atoms with Crippen molar-refractivity contribution >= 4 is 12.4 Å². The van der Waals surface area contributed by atoms with Crippen molar-refractivity contribution in [2.75, 3.05) is 13.1 Å². The van der Waals surface area contributed by atoms with Crippen molar-refractivity contribution in [1.29, 1.82) is 0 Å². The zero-order valence-corrected chi connectivity index (χ0v) is 13.4. The first-order valence-corrected chi connectivity index (χ1v) is 7.67. The standard InChI is InChI=1S/C19H23N.ClH/c1-15-7-5-6-10-18(15)19(16-8-3-2-4-9-16)17-11-13-20-14-12-17;/h2-10,17,19-20H,11-14H2,1H3;1H. The van der Waals surface area contributed by atoms with Crippen molar-refractivity contribution in [3.8, 4) is 0 Å². The summed E-state index contributed by atoms with van der Waals surface area (Å²) >= 11 is 0. The quantitative estimate of drug-likeness (QED) is 0.877. The fraction of sp³-hybridized carbons (Fsp3) is 0.368. The first-order valence-electron chi connectivity index (χ1n) is 7.67. The Bertz CT molecular complexity index is 547. The van der Waals surface area contributed by atoms with Crippen LogP contribution >= 0.6 is 12.4 Å². The van der Waals surface area contributed by atoms with E-state index in [0.29, 0.717) is 5.92 Å². The molecule has 0 aliphatic carbocycles. The molecule has 1 N–H and O–H groups in total. The first-order chi connectivity index (χ1) is 9.86. The molecule has 1 fully saturated rings. The van der Waals surface area contributed by atoms with Crippen molar-refractivity contribution in [2.45, 2.75) is 25.7 Å². The largest absolute Gasteiger partial charge is 0.317 e. The number of nitrogens with one attached hydrogen (secondary N) is 1. The molecule has 2 heteroatoms. The molecular weight excluding hydrogens is 278 g/mol. The number of rotatable bonds is 3. The summed E-state index contributed by atoms with van der Waals surface area (Å²) in [6.45, 7) is 4.55. The minimum Gasteiger partial charge on any atom is -0.317 e. The van der Waals surface area contributed by atoms with E-state index in [0.717, 1.165) is 19.0 Å². The number of piperidine rings is 1. The van der Waals surface area contributed by atoms with E-state index in [2.05, 4.69) is 66.8 Å². The highest BCUT2D eigenvalue weighted by molar-refractivity contribution is 5.85. The fourth-order valence-corrected chi connectivity index (χ4v) is 3.48. The average molecular weight is 302 g/mol. The van der Waals surface area contributed by atoms with Crippen LogP contribution in [0.1, 0.15) is 35.4 Å². The monoisotopic (exact) mass is 301 g/mol. The first kappa shape index (κ1) is 16.1. The lowest BCUT2D eigenvalue weighted by Gasteiger charge is -2.32. The van der Waals surface area contributed by atoms with E-state index in [1.807, 2.05) is 0 Å². The average Bonchev–Trinajstić information content (AvgIpc) is 2.52. The molecule has 0 radical (unpaired) electrons. The SMILES string of the molecule is Cc1ccccc1C(c1ccccc1)C1CCNCC1.Cl. The van der Waals surface area contributed by atoms with E-state index in [1.54, 1.807) is 0 Å². The number of halogens is 1. The lowest BCUT2D eigenvalue weighted by Crippen LogP contribution is -2.31. The van der Waals surface area contributed by atoms with Gasteiger partial charge in [0.25, 0.3) is 0 Å². The van der Waals surface area contributed by atoms with Crippen molar-refractivity contribution in [1.82, 2.24) is 5.32 Å². The third kappa shape index (κ3) is 3.66. The lowest BCUT2D eigenvalue weighted by atomic mass is 9.75. The van der Waals surface area contributed by atoms with Gasteiger partial charge in [-0.05, 0) is 55.5 Å². The summed E-state index contributed by atoms with van der Waals surface area (Å²) in [4.78, 5) is 0. The van der Waals surface area contributed by atoms with Gasteiger partial charge < -0.3 is 5.32 Å². The number of hydrogen-bond donors (Lipinski definition) is 1. The van der Waals surface area contributed by atoms with Crippen LogP contribution in [0.3, 0.4) is 0 Å². The summed E-state index contributed by atoms with van der Waals surface area (Å²) in [6.07, 6.45) is 2.54. The van der Waals surface area contributed by atoms with Crippen molar-refractivity contribution in [3.63, 3.8) is 0 Å². The van der Waals surface area contributed by atoms with Gasteiger partial charge in [0.2, 0.25) is 0 Å². The van der Waals surface area contributed by atoms with Gasteiger partial charge in [0.1, 0.15) is 0 Å². The summed E-state index contributed by atoms with van der Waals surface area (Å²) in [5.74, 6) is 1.29. The molecule has 112 valence electrons. The van der Waals surface area contributed by atoms with Crippen LogP contribution in [-0.4, -0.2) is 13.1 Å².